The molecule has 2 nitrogen and oxygen atoms in total. The molecule has 1 aliphatic heterocycles. The standard InChI is InChI=1S/C17H12O2/c1-2-5-12-11(4-1)10-15-16-13(12)6-3-7-14(16)18-17(19-15)8-9-17/h1-7,10H,8-9H2. The van der Waals surface area contributed by atoms with Crippen LogP contribution in [-0.2, 0) is 0 Å². The van der Waals surface area contributed by atoms with E-state index in [1.165, 1.54) is 16.2 Å². The molecule has 1 spiro atoms. The van der Waals surface area contributed by atoms with Gasteiger partial charge in [-0.3, -0.25) is 0 Å². The molecule has 3 aromatic carbocycles. The molecule has 0 N–H and O–H groups in total. The molecule has 2 aliphatic rings. The van der Waals surface area contributed by atoms with Crippen molar-refractivity contribution in [2.45, 2.75) is 18.6 Å². The minimum absolute atomic E-state index is 0.371. The lowest BCUT2D eigenvalue weighted by Gasteiger charge is -2.27. The zero-order valence-corrected chi connectivity index (χ0v) is 10.3. The van der Waals surface area contributed by atoms with Crippen LogP contribution in [0.4, 0.5) is 0 Å². The molecule has 0 amide bonds. The first-order valence-electron chi connectivity index (χ1n) is 6.67. The molecule has 0 radical (unpaired) electrons. The second-order valence-electron chi connectivity index (χ2n) is 5.39. The van der Waals surface area contributed by atoms with Crippen molar-refractivity contribution in [1.29, 1.82) is 0 Å². The van der Waals surface area contributed by atoms with Gasteiger partial charge in [0.15, 0.2) is 0 Å². The monoisotopic (exact) mass is 248 g/mol. The molecule has 0 aromatic heterocycles. The van der Waals surface area contributed by atoms with Gasteiger partial charge in [0.05, 0.1) is 5.39 Å². The molecule has 2 heteroatoms. The summed E-state index contributed by atoms with van der Waals surface area (Å²) in [7, 11) is 0. The zero-order valence-electron chi connectivity index (χ0n) is 10.3. The lowest BCUT2D eigenvalue weighted by atomic mass is 10.00. The Bertz CT molecular complexity index is 831. The van der Waals surface area contributed by atoms with E-state index >= 15 is 0 Å². The molecule has 1 heterocycles. The normalized spacial score (nSPS) is 18.3. The number of benzene rings is 3. The van der Waals surface area contributed by atoms with E-state index in [0.29, 0.717) is 0 Å². The highest BCUT2D eigenvalue weighted by atomic mass is 16.7. The zero-order chi connectivity index (χ0) is 12.4. The van der Waals surface area contributed by atoms with Crippen LogP contribution in [0.15, 0.2) is 48.5 Å². The molecule has 0 saturated heterocycles. The van der Waals surface area contributed by atoms with Crippen molar-refractivity contribution < 1.29 is 9.47 Å². The number of ether oxygens (including phenoxy) is 2. The largest absolute Gasteiger partial charge is 0.452 e. The Morgan fingerprint density at radius 1 is 0.789 bits per heavy atom. The van der Waals surface area contributed by atoms with Gasteiger partial charge in [0.2, 0.25) is 0 Å². The van der Waals surface area contributed by atoms with E-state index in [4.69, 9.17) is 9.47 Å². The van der Waals surface area contributed by atoms with Gasteiger partial charge < -0.3 is 9.47 Å². The van der Waals surface area contributed by atoms with Gasteiger partial charge in [-0.1, -0.05) is 36.4 Å². The van der Waals surface area contributed by atoms with Gasteiger partial charge in [-0.25, -0.2) is 0 Å². The van der Waals surface area contributed by atoms with Gasteiger partial charge in [0, 0.05) is 12.8 Å². The summed E-state index contributed by atoms with van der Waals surface area (Å²) in [6.45, 7) is 0. The van der Waals surface area contributed by atoms with E-state index < -0.39 is 0 Å². The SMILES string of the molecule is c1ccc2c(c1)cc1c3c(cccc32)OC2(CC2)O1. The average Bonchev–Trinajstić information content (AvgIpc) is 3.17. The van der Waals surface area contributed by atoms with Crippen molar-refractivity contribution in [1.82, 2.24) is 0 Å². The number of rotatable bonds is 0. The van der Waals surface area contributed by atoms with Crippen molar-refractivity contribution in [3.05, 3.63) is 48.5 Å². The second kappa shape index (κ2) is 3.02. The average molecular weight is 248 g/mol. The molecule has 1 saturated carbocycles. The van der Waals surface area contributed by atoms with E-state index in [1.807, 2.05) is 6.07 Å². The number of hydrogen-bond donors (Lipinski definition) is 0. The van der Waals surface area contributed by atoms with Crippen molar-refractivity contribution in [2.75, 3.05) is 0 Å². The van der Waals surface area contributed by atoms with E-state index in [9.17, 15) is 0 Å². The topological polar surface area (TPSA) is 18.5 Å². The maximum atomic E-state index is 6.09. The van der Waals surface area contributed by atoms with Crippen LogP contribution in [0.25, 0.3) is 21.5 Å². The van der Waals surface area contributed by atoms with Crippen LogP contribution in [-0.4, -0.2) is 5.79 Å². The van der Waals surface area contributed by atoms with Gasteiger partial charge in [-0.15, -0.1) is 0 Å². The summed E-state index contributed by atoms with van der Waals surface area (Å²) >= 11 is 0. The summed E-state index contributed by atoms with van der Waals surface area (Å²) in [4.78, 5) is 0. The van der Waals surface area contributed by atoms with E-state index in [1.54, 1.807) is 0 Å². The first-order chi connectivity index (χ1) is 9.35. The molecular weight excluding hydrogens is 236 g/mol. The highest BCUT2D eigenvalue weighted by molar-refractivity contribution is 6.12. The van der Waals surface area contributed by atoms with Gasteiger partial charge in [-0.2, -0.15) is 0 Å². The van der Waals surface area contributed by atoms with Crippen molar-refractivity contribution in [2.24, 2.45) is 0 Å². The van der Waals surface area contributed by atoms with Crippen LogP contribution in [0.5, 0.6) is 11.5 Å². The van der Waals surface area contributed by atoms with Crippen LogP contribution in [0.1, 0.15) is 12.8 Å². The molecule has 3 aromatic rings. The van der Waals surface area contributed by atoms with E-state index in [0.717, 1.165) is 29.7 Å². The molecule has 5 rings (SSSR count). The Hall–Kier alpha value is -2.22. The van der Waals surface area contributed by atoms with Crippen LogP contribution in [0.3, 0.4) is 0 Å². The molecule has 1 fully saturated rings. The number of hydrogen-bond acceptors (Lipinski definition) is 2. The van der Waals surface area contributed by atoms with Gasteiger partial charge in [-0.05, 0) is 28.3 Å². The summed E-state index contributed by atoms with van der Waals surface area (Å²) in [5.74, 6) is 1.55. The van der Waals surface area contributed by atoms with Crippen molar-refractivity contribution >= 4 is 21.5 Å². The number of fused-ring (bicyclic) bond motifs is 2. The lowest BCUT2D eigenvalue weighted by molar-refractivity contribution is -0.0269. The third-order valence-electron chi connectivity index (χ3n) is 4.06. The molecule has 0 bridgehead atoms. The molecule has 92 valence electrons. The van der Waals surface area contributed by atoms with Crippen molar-refractivity contribution in [3.63, 3.8) is 0 Å². The maximum Gasteiger partial charge on any atom is 0.251 e. The first-order valence-corrected chi connectivity index (χ1v) is 6.67. The van der Waals surface area contributed by atoms with E-state index in [-0.39, 0.29) is 5.79 Å². The van der Waals surface area contributed by atoms with Crippen LogP contribution in [0, 0.1) is 0 Å². The fourth-order valence-electron chi connectivity index (χ4n) is 2.98. The highest BCUT2D eigenvalue weighted by Crippen LogP contribution is 2.51. The van der Waals surface area contributed by atoms with Gasteiger partial charge in [0.1, 0.15) is 11.5 Å². The minimum atomic E-state index is -0.371. The van der Waals surface area contributed by atoms with E-state index in [2.05, 4.69) is 42.5 Å². The van der Waals surface area contributed by atoms with Crippen LogP contribution < -0.4 is 9.47 Å². The van der Waals surface area contributed by atoms with Gasteiger partial charge in [0.25, 0.3) is 5.79 Å². The Kier molecular flexibility index (Phi) is 1.54. The predicted octanol–water partition coefficient (Wildman–Crippen LogP) is 4.25. The van der Waals surface area contributed by atoms with Crippen LogP contribution in [0.2, 0.25) is 0 Å². The Morgan fingerprint density at radius 3 is 2.47 bits per heavy atom. The minimum Gasteiger partial charge on any atom is -0.452 e. The summed E-state index contributed by atoms with van der Waals surface area (Å²) in [5, 5.41) is 4.79. The Morgan fingerprint density at radius 2 is 1.58 bits per heavy atom. The summed E-state index contributed by atoms with van der Waals surface area (Å²) in [6, 6.07) is 16.8. The molecule has 19 heavy (non-hydrogen) atoms. The van der Waals surface area contributed by atoms with Crippen LogP contribution >= 0.6 is 0 Å². The lowest BCUT2D eigenvalue weighted by Crippen LogP contribution is -2.28. The summed E-state index contributed by atoms with van der Waals surface area (Å²) in [6.07, 6.45) is 1.96. The second-order valence-corrected chi connectivity index (χ2v) is 5.39. The molecular formula is C17H12O2. The van der Waals surface area contributed by atoms with Gasteiger partial charge >= 0.3 is 0 Å². The summed E-state index contributed by atoms with van der Waals surface area (Å²) in [5.41, 5.74) is 0. The molecule has 0 atom stereocenters. The smallest absolute Gasteiger partial charge is 0.251 e. The third kappa shape index (κ3) is 1.21. The fourth-order valence-corrected chi connectivity index (χ4v) is 2.98. The molecule has 1 aliphatic carbocycles. The highest BCUT2D eigenvalue weighted by Gasteiger charge is 2.51. The molecule has 0 unspecified atom stereocenters. The fraction of sp³-hybridized carbons (Fsp3) is 0.176. The summed E-state index contributed by atoms with van der Waals surface area (Å²) < 4.78 is 12.1. The Labute approximate surface area is 110 Å². The quantitative estimate of drug-likeness (QED) is 0.553. The first kappa shape index (κ1) is 9.68. The Balaban J connectivity index is 1.97. The third-order valence-corrected chi connectivity index (χ3v) is 4.06. The predicted molar refractivity (Wildman–Crippen MR) is 74.7 cm³/mol. The maximum absolute atomic E-state index is 6.09. The van der Waals surface area contributed by atoms with Crippen molar-refractivity contribution in [3.8, 4) is 11.5 Å².